The summed E-state index contributed by atoms with van der Waals surface area (Å²) in [5.41, 5.74) is 5.04. The van der Waals surface area contributed by atoms with Crippen molar-refractivity contribution in [3.05, 3.63) is 50.9 Å². The summed E-state index contributed by atoms with van der Waals surface area (Å²) in [7, 11) is 1.50. The third-order valence-electron chi connectivity index (χ3n) is 3.91. The third-order valence-corrected chi connectivity index (χ3v) is 4.23. The second kappa shape index (κ2) is 9.47. The smallest absolute Gasteiger partial charge is 0.330 e. The second-order valence-electron chi connectivity index (χ2n) is 6.55. The topological polar surface area (TPSA) is 105 Å². The Balaban J connectivity index is 2.50. The zero-order valence-electron chi connectivity index (χ0n) is 16.0. The number of aromatic nitrogens is 2. The van der Waals surface area contributed by atoms with E-state index in [9.17, 15) is 14.0 Å². The first-order valence-electron chi connectivity index (χ1n) is 8.70. The zero-order valence-corrected chi connectivity index (χ0v) is 16.8. The van der Waals surface area contributed by atoms with Crippen LogP contribution < -0.4 is 27.2 Å². The molecule has 0 atom stereocenters. The van der Waals surface area contributed by atoms with Crippen molar-refractivity contribution in [2.24, 2.45) is 5.92 Å². The number of hydrogen-bond acceptors (Lipinski definition) is 5. The molecule has 0 bridgehead atoms. The van der Waals surface area contributed by atoms with Gasteiger partial charge in [0.25, 0.3) is 5.56 Å². The number of nitrogen functional groups attached to an aromatic ring is 1. The van der Waals surface area contributed by atoms with Crippen LogP contribution in [0.4, 0.5) is 21.6 Å². The largest absolute Gasteiger partial charge is 0.383 e. The fraction of sp³-hybridized carbons (Fsp3) is 0.389. The predicted molar refractivity (Wildman–Crippen MR) is 112 cm³/mol. The highest BCUT2D eigenvalue weighted by Crippen LogP contribution is 2.20. The number of aromatic amines is 1. The molecule has 0 radical (unpaired) electrons. The number of nitrogens with two attached hydrogens (primary N) is 1. The molecule has 1 aromatic carbocycles. The Morgan fingerprint density at radius 1 is 1.39 bits per heavy atom. The van der Waals surface area contributed by atoms with Gasteiger partial charge in [-0.15, -0.1) is 0 Å². The first-order valence-corrected chi connectivity index (χ1v) is 9.11. The lowest BCUT2D eigenvalue weighted by molar-refractivity contribution is 0.208. The molecule has 2 aromatic rings. The van der Waals surface area contributed by atoms with Gasteiger partial charge in [0.2, 0.25) is 0 Å². The number of H-pyrrole nitrogens is 1. The highest BCUT2D eigenvalue weighted by atomic mass is 32.1. The summed E-state index contributed by atoms with van der Waals surface area (Å²) in [6, 6.07) is 6.01. The number of ether oxygens (including phenoxy) is 1. The molecular formula is C18H24FN5O3S. The lowest BCUT2D eigenvalue weighted by Crippen LogP contribution is -2.44. The molecule has 4 N–H and O–H groups in total. The molecule has 0 saturated heterocycles. The maximum absolute atomic E-state index is 14.0. The van der Waals surface area contributed by atoms with Gasteiger partial charge >= 0.3 is 5.69 Å². The molecule has 28 heavy (non-hydrogen) atoms. The van der Waals surface area contributed by atoms with Gasteiger partial charge in [-0.05, 0) is 30.3 Å². The Labute approximate surface area is 167 Å². The summed E-state index contributed by atoms with van der Waals surface area (Å²) < 4.78 is 20.4. The summed E-state index contributed by atoms with van der Waals surface area (Å²) >= 11 is 5.39. The van der Waals surface area contributed by atoms with Gasteiger partial charge < -0.3 is 20.7 Å². The quantitative estimate of drug-likeness (QED) is 0.599. The SMILES string of the molecule is COCCN(C(=S)Nc1ccccc1F)c1c(N)n(CC(C)C)c(=O)[nH]c1=O. The normalized spacial score (nSPS) is 10.9. The molecule has 0 aliphatic carbocycles. The van der Waals surface area contributed by atoms with Crippen LogP contribution in [0.25, 0.3) is 0 Å². The number of halogens is 1. The van der Waals surface area contributed by atoms with E-state index in [0.29, 0.717) is 6.54 Å². The number of nitrogens with zero attached hydrogens (tertiary/aromatic N) is 2. The summed E-state index contributed by atoms with van der Waals surface area (Å²) in [5, 5.41) is 2.83. The molecule has 10 heteroatoms. The number of thiocarbonyl (C=S) groups is 1. The third kappa shape index (κ3) is 4.96. The number of benzene rings is 1. The minimum absolute atomic E-state index is 0.00568. The van der Waals surface area contributed by atoms with Gasteiger partial charge in [0, 0.05) is 20.2 Å². The molecule has 0 saturated carbocycles. The van der Waals surface area contributed by atoms with Crippen molar-refractivity contribution in [2.75, 3.05) is 36.2 Å². The maximum atomic E-state index is 14.0. The van der Waals surface area contributed by atoms with Crippen LogP contribution in [0.15, 0.2) is 33.9 Å². The van der Waals surface area contributed by atoms with E-state index >= 15 is 0 Å². The average molecular weight is 409 g/mol. The van der Waals surface area contributed by atoms with Crippen molar-refractivity contribution < 1.29 is 9.13 Å². The van der Waals surface area contributed by atoms with E-state index in [1.807, 2.05) is 13.8 Å². The molecule has 2 rings (SSSR count). The number of nitrogens with one attached hydrogen (secondary N) is 2. The van der Waals surface area contributed by atoms with Crippen LogP contribution in [-0.4, -0.2) is 34.9 Å². The lowest BCUT2D eigenvalue weighted by Gasteiger charge is -2.27. The minimum atomic E-state index is -0.684. The lowest BCUT2D eigenvalue weighted by atomic mass is 10.2. The van der Waals surface area contributed by atoms with E-state index in [0.717, 1.165) is 0 Å². The van der Waals surface area contributed by atoms with Gasteiger partial charge in [0.05, 0.1) is 12.3 Å². The maximum Gasteiger partial charge on any atom is 0.330 e. The van der Waals surface area contributed by atoms with Gasteiger partial charge in [0.1, 0.15) is 11.6 Å². The molecule has 152 valence electrons. The molecule has 0 unspecified atom stereocenters. The first kappa shape index (κ1) is 21.6. The Morgan fingerprint density at radius 2 is 2.07 bits per heavy atom. The Morgan fingerprint density at radius 3 is 2.68 bits per heavy atom. The van der Waals surface area contributed by atoms with Crippen LogP contribution in [0.3, 0.4) is 0 Å². The van der Waals surface area contributed by atoms with E-state index in [2.05, 4.69) is 10.3 Å². The van der Waals surface area contributed by atoms with Crippen LogP contribution in [0.1, 0.15) is 13.8 Å². The average Bonchev–Trinajstić information content (AvgIpc) is 2.63. The molecule has 1 heterocycles. The number of anilines is 3. The van der Waals surface area contributed by atoms with E-state index in [4.69, 9.17) is 22.7 Å². The van der Waals surface area contributed by atoms with Gasteiger partial charge in [-0.2, -0.15) is 0 Å². The predicted octanol–water partition coefficient (Wildman–Crippen LogP) is 1.76. The molecule has 0 amide bonds. The van der Waals surface area contributed by atoms with Crippen molar-refractivity contribution in [3.8, 4) is 0 Å². The van der Waals surface area contributed by atoms with Crippen molar-refractivity contribution in [1.29, 1.82) is 0 Å². The summed E-state index contributed by atoms with van der Waals surface area (Å²) in [6.07, 6.45) is 0. The Hall–Kier alpha value is -2.72. The van der Waals surface area contributed by atoms with Crippen LogP contribution in [0.5, 0.6) is 0 Å². The molecule has 1 aromatic heterocycles. The molecule has 0 aliphatic rings. The molecule has 0 fully saturated rings. The fourth-order valence-corrected chi connectivity index (χ4v) is 2.92. The molecular weight excluding hydrogens is 385 g/mol. The standard InChI is InChI=1S/C18H24FN5O3S/c1-11(2)10-24-15(20)14(16(25)22-17(24)26)23(8-9-27-3)18(28)21-13-7-5-4-6-12(13)19/h4-7,11H,8-10,20H2,1-3H3,(H,21,28)(H,22,25,26). The highest BCUT2D eigenvalue weighted by Gasteiger charge is 2.23. The molecule has 0 spiro atoms. The number of rotatable bonds is 7. The first-order chi connectivity index (χ1) is 13.3. The summed E-state index contributed by atoms with van der Waals surface area (Å²) in [5.74, 6) is -0.394. The second-order valence-corrected chi connectivity index (χ2v) is 6.94. The zero-order chi connectivity index (χ0) is 20.8. The number of methoxy groups -OCH3 is 1. The van der Waals surface area contributed by atoms with Crippen LogP contribution >= 0.6 is 12.2 Å². The fourth-order valence-electron chi connectivity index (χ4n) is 2.63. The Bertz CT molecular complexity index is 957. The Kier molecular flexibility index (Phi) is 7.30. The summed E-state index contributed by atoms with van der Waals surface area (Å²) in [4.78, 5) is 28.4. The van der Waals surface area contributed by atoms with Gasteiger partial charge in [0.15, 0.2) is 10.8 Å². The van der Waals surface area contributed by atoms with Crippen molar-refractivity contribution in [1.82, 2.24) is 9.55 Å². The number of hydrogen-bond donors (Lipinski definition) is 3. The molecule has 8 nitrogen and oxygen atoms in total. The van der Waals surface area contributed by atoms with Crippen LogP contribution in [0, 0.1) is 11.7 Å². The van der Waals surface area contributed by atoms with E-state index in [1.165, 1.54) is 28.7 Å². The van der Waals surface area contributed by atoms with Crippen LogP contribution in [0.2, 0.25) is 0 Å². The van der Waals surface area contributed by atoms with Gasteiger partial charge in [-0.1, -0.05) is 26.0 Å². The van der Waals surface area contributed by atoms with Crippen LogP contribution in [-0.2, 0) is 11.3 Å². The highest BCUT2D eigenvalue weighted by molar-refractivity contribution is 7.80. The van der Waals surface area contributed by atoms with E-state index in [-0.39, 0.29) is 41.4 Å². The van der Waals surface area contributed by atoms with Crippen molar-refractivity contribution in [2.45, 2.75) is 20.4 Å². The van der Waals surface area contributed by atoms with E-state index in [1.54, 1.807) is 12.1 Å². The number of para-hydroxylation sites is 1. The van der Waals surface area contributed by atoms with Crippen molar-refractivity contribution >= 4 is 34.5 Å². The minimum Gasteiger partial charge on any atom is -0.383 e. The van der Waals surface area contributed by atoms with Crippen molar-refractivity contribution in [3.63, 3.8) is 0 Å². The monoisotopic (exact) mass is 409 g/mol. The molecule has 0 aliphatic heterocycles. The van der Waals surface area contributed by atoms with Gasteiger partial charge in [-0.3, -0.25) is 14.3 Å². The van der Waals surface area contributed by atoms with Gasteiger partial charge in [-0.25, -0.2) is 9.18 Å². The summed E-state index contributed by atoms with van der Waals surface area (Å²) in [6.45, 7) is 4.55. The van der Waals surface area contributed by atoms with E-state index < -0.39 is 17.1 Å².